The van der Waals surface area contributed by atoms with Crippen molar-refractivity contribution in [2.75, 3.05) is 31.1 Å². The lowest BCUT2D eigenvalue weighted by molar-refractivity contribution is 0.0153. The van der Waals surface area contributed by atoms with Crippen LogP contribution in [0.4, 0.5) is 5.69 Å². The quantitative estimate of drug-likeness (QED) is 0.535. The normalized spacial score (nSPS) is 16.2. The van der Waals surface area contributed by atoms with E-state index in [1.54, 1.807) is 0 Å². The summed E-state index contributed by atoms with van der Waals surface area (Å²) in [5.41, 5.74) is 5.82. The lowest BCUT2D eigenvalue weighted by atomic mass is 9.98. The Morgan fingerprint density at radius 3 is 2.00 bits per heavy atom. The lowest BCUT2D eigenvalue weighted by Gasteiger charge is -2.37. The summed E-state index contributed by atoms with van der Waals surface area (Å²) in [6.07, 6.45) is 1.58. The zero-order valence-electron chi connectivity index (χ0n) is 17.8. The Morgan fingerprint density at radius 1 is 0.806 bits per heavy atom. The molecule has 0 radical (unpaired) electrons. The van der Waals surface area contributed by atoms with E-state index in [4.69, 9.17) is 4.98 Å². The fourth-order valence-electron chi connectivity index (χ4n) is 4.55. The highest BCUT2D eigenvalue weighted by Gasteiger charge is 2.22. The van der Waals surface area contributed by atoms with Crippen LogP contribution in [0.15, 0.2) is 85.2 Å². The zero-order valence-corrected chi connectivity index (χ0v) is 17.8. The Morgan fingerprint density at radius 2 is 1.42 bits per heavy atom. The topological polar surface area (TPSA) is 44.5 Å². The lowest BCUT2D eigenvalue weighted by Crippen LogP contribution is -2.49. The van der Waals surface area contributed by atoms with Crippen LogP contribution in [-0.2, 0) is 0 Å². The first-order chi connectivity index (χ1) is 15.2. The Labute approximate surface area is 183 Å². The molecule has 2 heterocycles. The highest BCUT2D eigenvalue weighted by Crippen LogP contribution is 2.31. The zero-order chi connectivity index (χ0) is 21.2. The van der Waals surface area contributed by atoms with E-state index in [1.807, 2.05) is 13.3 Å². The van der Waals surface area contributed by atoms with Crippen LogP contribution in [-0.4, -0.2) is 52.0 Å². The van der Waals surface area contributed by atoms with Crippen molar-refractivity contribution in [3.8, 4) is 0 Å². The molecule has 3 aromatic carbocycles. The number of fused-ring (bicyclic) bond motifs is 1. The van der Waals surface area contributed by atoms with Crippen molar-refractivity contribution < 1.29 is 5.11 Å². The van der Waals surface area contributed by atoms with Crippen molar-refractivity contribution in [1.82, 2.24) is 14.5 Å². The third-order valence-corrected chi connectivity index (χ3v) is 6.28. The van der Waals surface area contributed by atoms with E-state index in [1.165, 1.54) is 16.8 Å². The van der Waals surface area contributed by atoms with Crippen molar-refractivity contribution in [1.29, 1.82) is 0 Å². The summed E-state index contributed by atoms with van der Waals surface area (Å²) in [4.78, 5) is 9.22. The summed E-state index contributed by atoms with van der Waals surface area (Å²) in [7, 11) is 0. The average Bonchev–Trinajstić information content (AvgIpc) is 3.24. The highest BCUT2D eigenvalue weighted by molar-refractivity contribution is 5.80. The molecule has 1 N–H and O–H groups in total. The van der Waals surface area contributed by atoms with Gasteiger partial charge in [0.1, 0.15) is 6.23 Å². The second-order valence-corrected chi connectivity index (χ2v) is 8.20. The van der Waals surface area contributed by atoms with Gasteiger partial charge in [0.2, 0.25) is 0 Å². The molecule has 0 amide bonds. The van der Waals surface area contributed by atoms with E-state index in [0.29, 0.717) is 0 Å². The van der Waals surface area contributed by atoms with Crippen LogP contribution in [0.1, 0.15) is 24.1 Å². The molecule has 4 aromatic rings. The van der Waals surface area contributed by atoms with E-state index >= 15 is 0 Å². The molecule has 158 valence electrons. The average molecular weight is 413 g/mol. The monoisotopic (exact) mass is 412 g/mol. The minimum absolute atomic E-state index is 0.0646. The molecule has 1 saturated heterocycles. The standard InChI is InChI=1S/C26H28N4O/c1-20(31)28-14-16-29(17-15-28)23-12-13-24-25(18-23)30(19-27-24)26(21-8-4-2-5-9-21)22-10-6-3-7-11-22/h2-13,18-20,26,31H,14-17H2,1H3. The van der Waals surface area contributed by atoms with Gasteiger partial charge in [-0.05, 0) is 36.2 Å². The van der Waals surface area contributed by atoms with Gasteiger partial charge in [0.15, 0.2) is 0 Å². The number of aliphatic hydroxyl groups is 1. The molecule has 5 rings (SSSR count). The van der Waals surface area contributed by atoms with Crippen LogP contribution in [0, 0.1) is 0 Å². The number of imidazole rings is 1. The van der Waals surface area contributed by atoms with Crippen molar-refractivity contribution in [3.63, 3.8) is 0 Å². The van der Waals surface area contributed by atoms with Crippen molar-refractivity contribution in [3.05, 3.63) is 96.3 Å². The van der Waals surface area contributed by atoms with Gasteiger partial charge in [-0.25, -0.2) is 4.98 Å². The number of aromatic nitrogens is 2. The van der Waals surface area contributed by atoms with E-state index in [-0.39, 0.29) is 12.3 Å². The van der Waals surface area contributed by atoms with Crippen molar-refractivity contribution in [2.45, 2.75) is 19.2 Å². The maximum Gasteiger partial charge on any atom is 0.104 e. The predicted molar refractivity (Wildman–Crippen MR) is 125 cm³/mol. The Kier molecular flexibility index (Phi) is 5.45. The summed E-state index contributed by atoms with van der Waals surface area (Å²) >= 11 is 0. The fraction of sp³-hybridized carbons (Fsp3) is 0.269. The first-order valence-corrected chi connectivity index (χ1v) is 10.9. The van der Waals surface area contributed by atoms with E-state index in [9.17, 15) is 5.11 Å². The van der Waals surface area contributed by atoms with Crippen LogP contribution >= 0.6 is 0 Å². The Bertz CT molecular complexity index is 1090. The van der Waals surface area contributed by atoms with Gasteiger partial charge in [-0.1, -0.05) is 60.7 Å². The van der Waals surface area contributed by atoms with E-state index in [2.05, 4.69) is 93.2 Å². The molecule has 5 nitrogen and oxygen atoms in total. The first-order valence-electron chi connectivity index (χ1n) is 10.9. The van der Waals surface area contributed by atoms with Gasteiger partial charge in [0.25, 0.3) is 0 Å². The second-order valence-electron chi connectivity index (χ2n) is 8.20. The van der Waals surface area contributed by atoms with Crippen LogP contribution in [0.3, 0.4) is 0 Å². The maximum absolute atomic E-state index is 9.86. The summed E-state index contributed by atoms with van der Waals surface area (Å²) in [5.74, 6) is 0. The largest absolute Gasteiger partial charge is 0.379 e. The molecular weight excluding hydrogens is 384 g/mol. The molecular formula is C26H28N4O. The molecule has 0 aliphatic carbocycles. The SMILES string of the molecule is CC(O)N1CCN(c2ccc3ncn(C(c4ccccc4)c4ccccc4)c3c2)CC1. The molecule has 1 unspecified atom stereocenters. The van der Waals surface area contributed by atoms with Crippen molar-refractivity contribution >= 4 is 16.7 Å². The predicted octanol–water partition coefficient (Wildman–Crippen LogP) is 4.13. The number of anilines is 1. The smallest absolute Gasteiger partial charge is 0.104 e. The Hall–Kier alpha value is -3.15. The van der Waals surface area contributed by atoms with Gasteiger partial charge in [-0.15, -0.1) is 0 Å². The summed E-state index contributed by atoms with van der Waals surface area (Å²) in [5, 5.41) is 9.86. The minimum atomic E-state index is -0.386. The highest BCUT2D eigenvalue weighted by atomic mass is 16.3. The second kappa shape index (κ2) is 8.53. The van der Waals surface area contributed by atoms with Gasteiger partial charge in [0, 0.05) is 31.9 Å². The summed E-state index contributed by atoms with van der Waals surface area (Å²) in [6, 6.07) is 27.8. The van der Waals surface area contributed by atoms with Crippen LogP contribution < -0.4 is 4.90 Å². The van der Waals surface area contributed by atoms with Crippen LogP contribution in [0.5, 0.6) is 0 Å². The van der Waals surface area contributed by atoms with E-state index < -0.39 is 0 Å². The number of aliphatic hydroxyl groups excluding tert-OH is 1. The van der Waals surface area contributed by atoms with Crippen LogP contribution in [0.25, 0.3) is 11.0 Å². The van der Waals surface area contributed by atoms with E-state index in [0.717, 1.165) is 37.2 Å². The molecule has 1 atom stereocenters. The molecule has 0 bridgehead atoms. The number of piperazine rings is 1. The third kappa shape index (κ3) is 3.94. The van der Waals surface area contributed by atoms with Gasteiger partial charge in [-0.2, -0.15) is 0 Å². The van der Waals surface area contributed by atoms with Gasteiger partial charge < -0.3 is 14.6 Å². The maximum atomic E-state index is 9.86. The molecule has 0 spiro atoms. The summed E-state index contributed by atoms with van der Waals surface area (Å²) in [6.45, 7) is 5.39. The van der Waals surface area contributed by atoms with Gasteiger partial charge in [-0.3, -0.25) is 4.90 Å². The molecule has 1 fully saturated rings. The molecule has 0 saturated carbocycles. The number of hydrogen-bond donors (Lipinski definition) is 1. The molecule has 31 heavy (non-hydrogen) atoms. The summed E-state index contributed by atoms with van der Waals surface area (Å²) < 4.78 is 2.29. The minimum Gasteiger partial charge on any atom is -0.379 e. The number of rotatable bonds is 5. The number of hydrogen-bond acceptors (Lipinski definition) is 4. The van der Waals surface area contributed by atoms with Crippen LogP contribution in [0.2, 0.25) is 0 Å². The van der Waals surface area contributed by atoms with Crippen molar-refractivity contribution in [2.24, 2.45) is 0 Å². The fourth-order valence-corrected chi connectivity index (χ4v) is 4.55. The number of benzene rings is 3. The van der Waals surface area contributed by atoms with Gasteiger partial charge >= 0.3 is 0 Å². The van der Waals surface area contributed by atoms with Gasteiger partial charge in [0.05, 0.1) is 23.4 Å². The Balaban J connectivity index is 1.54. The third-order valence-electron chi connectivity index (χ3n) is 6.28. The first kappa shape index (κ1) is 19.8. The molecule has 1 aliphatic rings. The molecule has 1 aliphatic heterocycles. The number of nitrogens with zero attached hydrogens (tertiary/aromatic N) is 4. The molecule has 5 heteroatoms. The molecule has 1 aromatic heterocycles.